The molecule has 1 N–H and O–H groups in total. The second-order valence-corrected chi connectivity index (χ2v) is 5.97. The van der Waals surface area contributed by atoms with Crippen LogP contribution in [0.1, 0.15) is 47.4 Å². The molecular weight excluding hydrogens is 328 g/mol. The van der Waals surface area contributed by atoms with Gasteiger partial charge < -0.3 is 15.0 Å². The fraction of sp³-hybridized carbons (Fsp3) is 0.333. The number of hydrogen-bond donors (Lipinski definition) is 1. The number of ether oxygens (including phenoxy) is 1. The topological polar surface area (TPSA) is 58.6 Å². The van der Waals surface area contributed by atoms with Gasteiger partial charge in [-0.05, 0) is 49.7 Å². The number of unbranched alkanes of at least 4 members (excludes halogenated alkanes) is 1. The molecule has 0 aliphatic heterocycles. The van der Waals surface area contributed by atoms with Crippen molar-refractivity contribution in [2.45, 2.75) is 26.7 Å². The first-order valence-electron chi connectivity index (χ1n) is 8.94. The van der Waals surface area contributed by atoms with Gasteiger partial charge in [-0.2, -0.15) is 0 Å². The highest BCUT2D eigenvalue weighted by molar-refractivity contribution is 6.09. The van der Waals surface area contributed by atoms with Crippen LogP contribution in [0.2, 0.25) is 0 Å². The molecule has 0 spiro atoms. The van der Waals surface area contributed by atoms with Crippen molar-refractivity contribution in [3.05, 3.63) is 59.7 Å². The van der Waals surface area contributed by atoms with Crippen molar-refractivity contribution in [2.75, 3.05) is 25.5 Å². The number of para-hydroxylation sites is 1. The van der Waals surface area contributed by atoms with Crippen molar-refractivity contribution in [1.82, 2.24) is 4.90 Å². The zero-order chi connectivity index (χ0) is 18.9. The number of hydrogen-bond acceptors (Lipinski definition) is 3. The van der Waals surface area contributed by atoms with Crippen LogP contribution in [0.3, 0.4) is 0 Å². The van der Waals surface area contributed by atoms with E-state index < -0.39 is 0 Å². The lowest BCUT2D eigenvalue weighted by molar-refractivity contribution is 0.0763. The summed E-state index contributed by atoms with van der Waals surface area (Å²) in [5.41, 5.74) is 1.53. The third-order valence-corrected chi connectivity index (χ3v) is 4.21. The normalized spacial score (nSPS) is 10.3. The molecule has 0 bridgehead atoms. The maximum absolute atomic E-state index is 12.9. The summed E-state index contributed by atoms with van der Waals surface area (Å²) in [5.74, 6) is 0.364. The Hall–Kier alpha value is -2.82. The lowest BCUT2D eigenvalue weighted by atomic mass is 10.1. The van der Waals surface area contributed by atoms with Crippen molar-refractivity contribution in [3.63, 3.8) is 0 Å². The minimum atomic E-state index is -0.260. The number of anilines is 1. The molecule has 0 saturated heterocycles. The Morgan fingerprint density at radius 3 is 2.35 bits per heavy atom. The van der Waals surface area contributed by atoms with E-state index in [9.17, 15) is 9.59 Å². The molecule has 0 atom stereocenters. The summed E-state index contributed by atoms with van der Waals surface area (Å²) < 4.78 is 5.11. The highest BCUT2D eigenvalue weighted by atomic mass is 16.5. The van der Waals surface area contributed by atoms with Crippen LogP contribution in [-0.2, 0) is 0 Å². The van der Waals surface area contributed by atoms with E-state index in [2.05, 4.69) is 12.2 Å². The largest absolute Gasteiger partial charge is 0.497 e. The van der Waals surface area contributed by atoms with Crippen LogP contribution in [-0.4, -0.2) is 36.9 Å². The van der Waals surface area contributed by atoms with Crippen molar-refractivity contribution in [3.8, 4) is 5.75 Å². The van der Waals surface area contributed by atoms with E-state index in [0.717, 1.165) is 12.8 Å². The zero-order valence-electron chi connectivity index (χ0n) is 15.6. The van der Waals surface area contributed by atoms with Gasteiger partial charge in [0.05, 0.1) is 18.4 Å². The van der Waals surface area contributed by atoms with Gasteiger partial charge in [0.2, 0.25) is 0 Å². The van der Waals surface area contributed by atoms with Gasteiger partial charge in [-0.3, -0.25) is 9.59 Å². The SMILES string of the molecule is CCCCN(CC)C(=O)c1ccccc1NC(=O)c1ccc(OC)cc1. The van der Waals surface area contributed by atoms with Gasteiger partial charge in [0.1, 0.15) is 5.75 Å². The van der Waals surface area contributed by atoms with Gasteiger partial charge in [-0.25, -0.2) is 0 Å². The lowest BCUT2D eigenvalue weighted by Gasteiger charge is -2.22. The third kappa shape index (κ3) is 4.85. The van der Waals surface area contributed by atoms with Gasteiger partial charge >= 0.3 is 0 Å². The average molecular weight is 354 g/mol. The molecule has 5 heteroatoms. The van der Waals surface area contributed by atoms with Crippen molar-refractivity contribution in [1.29, 1.82) is 0 Å². The molecule has 2 aromatic carbocycles. The number of amides is 2. The van der Waals surface area contributed by atoms with Crippen LogP contribution in [0, 0.1) is 0 Å². The van der Waals surface area contributed by atoms with Crippen molar-refractivity contribution < 1.29 is 14.3 Å². The van der Waals surface area contributed by atoms with Gasteiger partial charge in [-0.1, -0.05) is 25.5 Å². The molecule has 2 rings (SSSR count). The Balaban J connectivity index is 2.19. The van der Waals surface area contributed by atoms with E-state index >= 15 is 0 Å². The van der Waals surface area contributed by atoms with Crippen LogP contribution in [0.25, 0.3) is 0 Å². The molecule has 0 aliphatic carbocycles. The Kier molecular flexibility index (Phi) is 7.21. The molecule has 138 valence electrons. The third-order valence-electron chi connectivity index (χ3n) is 4.21. The Labute approximate surface area is 155 Å². The van der Waals surface area contributed by atoms with Crippen molar-refractivity contribution >= 4 is 17.5 Å². The molecule has 26 heavy (non-hydrogen) atoms. The first kappa shape index (κ1) is 19.5. The average Bonchev–Trinajstić information content (AvgIpc) is 2.68. The summed E-state index contributed by atoms with van der Waals surface area (Å²) in [6, 6.07) is 14.0. The first-order chi connectivity index (χ1) is 12.6. The fourth-order valence-electron chi connectivity index (χ4n) is 2.64. The molecular formula is C21H26N2O3. The summed E-state index contributed by atoms with van der Waals surface area (Å²) in [5, 5.41) is 2.85. The van der Waals surface area contributed by atoms with E-state index in [0.29, 0.717) is 35.7 Å². The highest BCUT2D eigenvalue weighted by Gasteiger charge is 2.18. The van der Waals surface area contributed by atoms with Gasteiger partial charge in [-0.15, -0.1) is 0 Å². The second kappa shape index (κ2) is 9.61. The summed E-state index contributed by atoms with van der Waals surface area (Å²) in [4.78, 5) is 27.2. The maximum Gasteiger partial charge on any atom is 0.255 e. The molecule has 0 aliphatic rings. The van der Waals surface area contributed by atoms with E-state index in [1.165, 1.54) is 0 Å². The number of nitrogens with zero attached hydrogens (tertiary/aromatic N) is 1. The van der Waals surface area contributed by atoms with E-state index in [1.807, 2.05) is 24.0 Å². The van der Waals surface area contributed by atoms with Gasteiger partial charge in [0.15, 0.2) is 0 Å². The van der Waals surface area contributed by atoms with Crippen LogP contribution < -0.4 is 10.1 Å². The summed E-state index contributed by atoms with van der Waals surface area (Å²) in [7, 11) is 1.58. The molecule has 0 radical (unpaired) electrons. The molecule has 5 nitrogen and oxygen atoms in total. The summed E-state index contributed by atoms with van der Waals surface area (Å²) in [6.07, 6.45) is 1.99. The highest BCUT2D eigenvalue weighted by Crippen LogP contribution is 2.19. The Morgan fingerprint density at radius 1 is 1.04 bits per heavy atom. The quantitative estimate of drug-likeness (QED) is 0.772. The molecule has 0 aromatic heterocycles. The summed E-state index contributed by atoms with van der Waals surface area (Å²) in [6.45, 7) is 5.42. The number of methoxy groups -OCH3 is 1. The predicted octanol–water partition coefficient (Wildman–Crippen LogP) is 4.21. The van der Waals surface area contributed by atoms with Gasteiger partial charge in [0.25, 0.3) is 11.8 Å². The number of nitrogens with one attached hydrogen (secondary N) is 1. The molecule has 2 amide bonds. The number of benzene rings is 2. The molecule has 0 fully saturated rings. The molecule has 0 saturated carbocycles. The minimum Gasteiger partial charge on any atom is -0.497 e. The monoisotopic (exact) mass is 354 g/mol. The minimum absolute atomic E-state index is 0.0634. The fourth-order valence-corrected chi connectivity index (χ4v) is 2.64. The van der Waals surface area contributed by atoms with Crippen LogP contribution in [0.15, 0.2) is 48.5 Å². The van der Waals surface area contributed by atoms with Crippen LogP contribution in [0.5, 0.6) is 5.75 Å². The number of carbonyl (C=O) groups is 2. The van der Waals surface area contributed by atoms with E-state index in [-0.39, 0.29) is 11.8 Å². The second-order valence-electron chi connectivity index (χ2n) is 5.97. The van der Waals surface area contributed by atoms with Gasteiger partial charge in [0, 0.05) is 18.7 Å². The summed E-state index contributed by atoms with van der Waals surface area (Å²) >= 11 is 0. The van der Waals surface area contributed by atoms with Crippen molar-refractivity contribution in [2.24, 2.45) is 0 Å². The Bertz CT molecular complexity index is 741. The van der Waals surface area contributed by atoms with Crippen LogP contribution in [0.4, 0.5) is 5.69 Å². The number of rotatable bonds is 8. The predicted molar refractivity (Wildman–Crippen MR) is 104 cm³/mol. The maximum atomic E-state index is 12.9. The lowest BCUT2D eigenvalue weighted by Crippen LogP contribution is -2.32. The standard InChI is InChI=1S/C21H26N2O3/c1-4-6-15-23(5-2)21(25)18-9-7-8-10-19(18)22-20(24)16-11-13-17(26-3)14-12-16/h7-14H,4-6,15H2,1-3H3,(H,22,24). The Morgan fingerprint density at radius 2 is 1.73 bits per heavy atom. The smallest absolute Gasteiger partial charge is 0.255 e. The van der Waals surface area contributed by atoms with E-state index in [4.69, 9.17) is 4.74 Å². The number of carbonyl (C=O) groups excluding carboxylic acids is 2. The van der Waals surface area contributed by atoms with Crippen LogP contribution >= 0.6 is 0 Å². The molecule has 0 heterocycles. The first-order valence-corrected chi connectivity index (χ1v) is 8.94. The van der Waals surface area contributed by atoms with E-state index in [1.54, 1.807) is 43.5 Å². The molecule has 2 aromatic rings. The molecule has 0 unspecified atom stereocenters. The zero-order valence-corrected chi connectivity index (χ0v) is 15.6.